The Labute approximate surface area is 141 Å². The van der Waals surface area contributed by atoms with Crippen molar-refractivity contribution in [1.82, 2.24) is 9.88 Å². The summed E-state index contributed by atoms with van der Waals surface area (Å²) in [4.78, 5) is 21.1. The van der Waals surface area contributed by atoms with Crippen LogP contribution in [0.4, 0.5) is 5.69 Å². The summed E-state index contributed by atoms with van der Waals surface area (Å²) in [5, 5.41) is 0.648. The number of piperazine rings is 1. The first-order valence-corrected chi connectivity index (χ1v) is 8.13. The summed E-state index contributed by atoms with van der Waals surface area (Å²) in [5.74, 6) is 0.0954. The van der Waals surface area contributed by atoms with Gasteiger partial charge in [0, 0.05) is 35.5 Å². The Morgan fingerprint density at radius 2 is 2.04 bits per heavy atom. The van der Waals surface area contributed by atoms with E-state index in [4.69, 9.17) is 11.6 Å². The maximum absolute atomic E-state index is 12.5. The van der Waals surface area contributed by atoms with Gasteiger partial charge in [-0.3, -0.25) is 14.7 Å². The van der Waals surface area contributed by atoms with Crippen LogP contribution < -0.4 is 4.90 Å². The molecule has 0 bridgehead atoms. The maximum Gasteiger partial charge on any atom is 0.241 e. The molecule has 1 aromatic heterocycles. The van der Waals surface area contributed by atoms with Crippen molar-refractivity contribution >= 4 is 23.2 Å². The van der Waals surface area contributed by atoms with Crippen LogP contribution in [0.15, 0.2) is 42.5 Å². The smallest absolute Gasteiger partial charge is 0.241 e. The first kappa shape index (κ1) is 16.0. The molecule has 1 atom stereocenters. The summed E-state index contributed by atoms with van der Waals surface area (Å²) in [7, 11) is 0. The van der Waals surface area contributed by atoms with Gasteiger partial charge in [-0.25, -0.2) is 0 Å². The first-order chi connectivity index (χ1) is 11.0. The molecule has 0 saturated carbocycles. The summed E-state index contributed by atoms with van der Waals surface area (Å²) in [6.45, 7) is 5.86. The van der Waals surface area contributed by atoms with Gasteiger partial charge in [-0.15, -0.1) is 0 Å². The van der Waals surface area contributed by atoms with Crippen LogP contribution in [0.1, 0.15) is 18.3 Å². The van der Waals surface area contributed by atoms with Gasteiger partial charge in [0.15, 0.2) is 0 Å². The number of carbonyl (C=O) groups is 1. The van der Waals surface area contributed by atoms with Crippen LogP contribution in [0, 0.1) is 6.92 Å². The van der Waals surface area contributed by atoms with Crippen molar-refractivity contribution in [1.29, 1.82) is 0 Å². The van der Waals surface area contributed by atoms with E-state index in [2.05, 4.69) is 16.8 Å². The van der Waals surface area contributed by atoms with E-state index in [9.17, 15) is 4.79 Å². The lowest BCUT2D eigenvalue weighted by molar-refractivity contribution is -0.122. The number of anilines is 1. The Bertz CT molecular complexity index is 719. The molecule has 1 fully saturated rings. The number of hydrogen-bond donors (Lipinski definition) is 0. The Morgan fingerprint density at radius 3 is 2.78 bits per heavy atom. The number of halogens is 1. The minimum Gasteiger partial charge on any atom is -0.310 e. The Kier molecular flexibility index (Phi) is 4.64. The number of rotatable bonds is 3. The quantitative estimate of drug-likeness (QED) is 0.867. The molecule has 5 heteroatoms. The summed E-state index contributed by atoms with van der Waals surface area (Å²) >= 11 is 6.04. The average Bonchev–Trinajstić information content (AvgIpc) is 2.50. The van der Waals surface area contributed by atoms with Crippen LogP contribution in [0.3, 0.4) is 0 Å². The van der Waals surface area contributed by atoms with Crippen molar-refractivity contribution in [3.05, 3.63) is 58.9 Å². The second-order valence-corrected chi connectivity index (χ2v) is 6.44. The highest BCUT2D eigenvalue weighted by atomic mass is 35.5. The fourth-order valence-corrected chi connectivity index (χ4v) is 3.08. The topological polar surface area (TPSA) is 36.4 Å². The number of hydrogen-bond acceptors (Lipinski definition) is 3. The van der Waals surface area contributed by atoms with Gasteiger partial charge in [-0.1, -0.05) is 23.7 Å². The third-order valence-corrected chi connectivity index (χ3v) is 4.38. The van der Waals surface area contributed by atoms with Gasteiger partial charge in [-0.05, 0) is 44.2 Å². The summed E-state index contributed by atoms with van der Waals surface area (Å²) < 4.78 is 0. The van der Waals surface area contributed by atoms with Gasteiger partial charge in [0.25, 0.3) is 0 Å². The summed E-state index contributed by atoms with van der Waals surface area (Å²) in [5.41, 5.74) is 2.86. The normalized spacial score (nSPS) is 19.2. The van der Waals surface area contributed by atoms with E-state index in [-0.39, 0.29) is 11.9 Å². The van der Waals surface area contributed by atoms with Crippen molar-refractivity contribution in [3.8, 4) is 0 Å². The van der Waals surface area contributed by atoms with Gasteiger partial charge >= 0.3 is 0 Å². The number of carbonyl (C=O) groups excluding carboxylic acids is 1. The number of amides is 1. The summed E-state index contributed by atoms with van der Waals surface area (Å²) in [6, 6.07) is 13.7. The van der Waals surface area contributed by atoms with Crippen molar-refractivity contribution < 1.29 is 4.79 Å². The van der Waals surface area contributed by atoms with Crippen LogP contribution in [0.25, 0.3) is 0 Å². The molecule has 2 aromatic rings. The zero-order chi connectivity index (χ0) is 16.4. The third-order valence-electron chi connectivity index (χ3n) is 4.14. The van der Waals surface area contributed by atoms with Crippen LogP contribution in [0.5, 0.6) is 0 Å². The molecule has 2 heterocycles. The van der Waals surface area contributed by atoms with Crippen LogP contribution >= 0.6 is 11.6 Å². The van der Waals surface area contributed by atoms with Crippen LogP contribution in [-0.2, 0) is 11.3 Å². The number of aryl methyl sites for hydroxylation is 1. The van der Waals surface area contributed by atoms with Gasteiger partial charge < -0.3 is 4.90 Å². The molecule has 120 valence electrons. The number of benzene rings is 1. The molecule has 1 aromatic carbocycles. The van der Waals surface area contributed by atoms with E-state index < -0.39 is 0 Å². The molecule has 1 saturated heterocycles. The standard InChI is InChI=1S/C18H20ClN3O/c1-13-5-3-7-16(20-13)11-21-12-18(23)22(10-14(21)2)17-8-4-6-15(19)9-17/h3-9,14H,10-12H2,1-2H3/t14-/m1/s1. The highest BCUT2D eigenvalue weighted by Crippen LogP contribution is 2.24. The SMILES string of the molecule is Cc1cccc(CN2CC(=O)N(c3cccc(Cl)c3)C[C@H]2C)n1. The van der Waals surface area contributed by atoms with Gasteiger partial charge in [0.05, 0.1) is 12.2 Å². The number of pyridine rings is 1. The molecule has 0 aliphatic carbocycles. The molecule has 0 spiro atoms. The molecular formula is C18H20ClN3O. The molecule has 1 amide bonds. The van der Waals surface area contributed by atoms with E-state index in [0.717, 1.165) is 17.1 Å². The van der Waals surface area contributed by atoms with Crippen LogP contribution in [-0.4, -0.2) is 34.9 Å². The Morgan fingerprint density at radius 1 is 1.26 bits per heavy atom. The molecule has 23 heavy (non-hydrogen) atoms. The lowest BCUT2D eigenvalue weighted by Crippen LogP contribution is -2.54. The zero-order valence-electron chi connectivity index (χ0n) is 13.4. The van der Waals surface area contributed by atoms with Crippen molar-refractivity contribution in [2.45, 2.75) is 26.4 Å². The number of nitrogens with zero attached hydrogens (tertiary/aromatic N) is 3. The van der Waals surface area contributed by atoms with E-state index in [1.54, 1.807) is 0 Å². The van der Waals surface area contributed by atoms with Crippen molar-refractivity contribution in [2.75, 3.05) is 18.0 Å². The highest BCUT2D eigenvalue weighted by Gasteiger charge is 2.30. The monoisotopic (exact) mass is 329 g/mol. The molecule has 1 aliphatic rings. The Balaban J connectivity index is 1.73. The third kappa shape index (κ3) is 3.71. The van der Waals surface area contributed by atoms with Crippen molar-refractivity contribution in [3.63, 3.8) is 0 Å². The molecule has 1 aliphatic heterocycles. The molecule has 0 N–H and O–H groups in total. The minimum atomic E-state index is 0.0954. The minimum absolute atomic E-state index is 0.0954. The van der Waals surface area contributed by atoms with E-state index in [0.29, 0.717) is 24.7 Å². The largest absolute Gasteiger partial charge is 0.310 e. The molecular weight excluding hydrogens is 310 g/mol. The second-order valence-electron chi connectivity index (χ2n) is 6.01. The summed E-state index contributed by atoms with van der Waals surface area (Å²) in [6.07, 6.45) is 0. The van der Waals surface area contributed by atoms with E-state index in [1.165, 1.54) is 0 Å². The highest BCUT2D eigenvalue weighted by molar-refractivity contribution is 6.30. The zero-order valence-corrected chi connectivity index (χ0v) is 14.1. The average molecular weight is 330 g/mol. The lowest BCUT2D eigenvalue weighted by Gasteiger charge is -2.39. The molecule has 0 radical (unpaired) electrons. The van der Waals surface area contributed by atoms with Gasteiger partial charge in [0.1, 0.15) is 0 Å². The van der Waals surface area contributed by atoms with E-state index in [1.807, 2.05) is 54.3 Å². The number of aromatic nitrogens is 1. The molecule has 4 nitrogen and oxygen atoms in total. The fraction of sp³-hybridized carbons (Fsp3) is 0.333. The van der Waals surface area contributed by atoms with Crippen molar-refractivity contribution in [2.24, 2.45) is 0 Å². The fourth-order valence-electron chi connectivity index (χ4n) is 2.90. The van der Waals surface area contributed by atoms with Gasteiger partial charge in [-0.2, -0.15) is 0 Å². The Hall–Kier alpha value is -1.91. The predicted octanol–water partition coefficient (Wildman–Crippen LogP) is 3.28. The first-order valence-electron chi connectivity index (χ1n) is 7.75. The molecule has 0 unspecified atom stereocenters. The second kappa shape index (κ2) is 6.69. The van der Waals surface area contributed by atoms with Gasteiger partial charge in [0.2, 0.25) is 5.91 Å². The predicted molar refractivity (Wildman–Crippen MR) is 92.7 cm³/mol. The van der Waals surface area contributed by atoms with Crippen LogP contribution in [0.2, 0.25) is 5.02 Å². The lowest BCUT2D eigenvalue weighted by atomic mass is 10.1. The molecule has 3 rings (SSSR count). The van der Waals surface area contributed by atoms with E-state index >= 15 is 0 Å². The maximum atomic E-state index is 12.5.